The first-order valence-electron chi connectivity index (χ1n) is 8.57. The van der Waals surface area contributed by atoms with Crippen LogP contribution < -0.4 is 19.8 Å². The lowest BCUT2D eigenvalue weighted by molar-refractivity contribution is -0.487. The van der Waals surface area contributed by atoms with Gasteiger partial charge in [-0.3, -0.25) is 0 Å². The van der Waals surface area contributed by atoms with E-state index in [1.54, 1.807) is 14.2 Å². The number of methoxy groups -OCH3 is 2. The van der Waals surface area contributed by atoms with Gasteiger partial charge in [0.1, 0.15) is 11.3 Å². The van der Waals surface area contributed by atoms with Crippen molar-refractivity contribution in [3.63, 3.8) is 0 Å². The average Bonchev–Trinajstić information content (AvgIpc) is 2.70. The van der Waals surface area contributed by atoms with Crippen LogP contribution in [0, 0.1) is 0 Å². The Balaban J connectivity index is 0.000000537. The summed E-state index contributed by atoms with van der Waals surface area (Å²) in [6.45, 7) is 4.44. The van der Waals surface area contributed by atoms with E-state index in [1.807, 2.05) is 54.6 Å². The number of hydrogen-bond acceptors (Lipinski definition) is 3. The molecular weight excluding hydrogens is 389 g/mol. The van der Waals surface area contributed by atoms with Crippen LogP contribution in [0.25, 0.3) is 22.3 Å². The first-order chi connectivity index (χ1) is 13.8. The van der Waals surface area contributed by atoms with Crippen molar-refractivity contribution in [2.75, 3.05) is 20.8 Å². The Bertz CT molecular complexity index is 1040. The maximum atomic E-state index is 9.75. The second kappa shape index (κ2) is 9.81. The maximum Gasteiger partial charge on any atom is 0.673 e. The second-order valence-electron chi connectivity index (χ2n) is 5.75. The van der Waals surface area contributed by atoms with Gasteiger partial charge in [-0.25, -0.2) is 4.99 Å². The quantitative estimate of drug-likeness (QED) is 0.398. The summed E-state index contributed by atoms with van der Waals surface area (Å²) in [4.78, 5) is 3.36. The molecule has 3 rings (SSSR count). The lowest BCUT2D eigenvalue weighted by Gasteiger charge is -2.09. The van der Waals surface area contributed by atoms with Crippen molar-refractivity contribution in [1.82, 2.24) is 0 Å². The van der Waals surface area contributed by atoms with E-state index in [9.17, 15) is 17.3 Å². The molecule has 0 unspecified atom stereocenters. The lowest BCUT2D eigenvalue weighted by Crippen LogP contribution is -2.76. The van der Waals surface area contributed by atoms with Gasteiger partial charge >= 0.3 is 7.25 Å². The van der Waals surface area contributed by atoms with Crippen LogP contribution in [0.5, 0.6) is 11.5 Å². The molecular formula is C20H20BF4NO3. The molecule has 0 saturated heterocycles. The lowest BCUT2D eigenvalue weighted by atomic mass is 10.1. The molecule has 1 heterocycles. The van der Waals surface area contributed by atoms with E-state index in [-0.39, 0.29) is 0 Å². The Morgan fingerprint density at radius 3 is 2.28 bits per heavy atom. The highest BCUT2D eigenvalue weighted by atomic mass is 19.5. The maximum absolute atomic E-state index is 9.75. The van der Waals surface area contributed by atoms with Gasteiger partial charge in [0.25, 0.3) is 0 Å². The fourth-order valence-corrected chi connectivity index (χ4v) is 2.60. The van der Waals surface area contributed by atoms with Gasteiger partial charge in [-0.2, -0.15) is 0 Å². The molecule has 29 heavy (non-hydrogen) atoms. The minimum atomic E-state index is -6.00. The zero-order valence-electron chi connectivity index (χ0n) is 15.9. The molecule has 0 saturated carbocycles. The number of rotatable bonds is 5. The summed E-state index contributed by atoms with van der Waals surface area (Å²) < 4.78 is 55.8. The van der Waals surface area contributed by atoms with Crippen LogP contribution in [0.2, 0.25) is 0 Å². The van der Waals surface area contributed by atoms with Crippen molar-refractivity contribution in [3.05, 3.63) is 66.5 Å². The molecule has 154 valence electrons. The van der Waals surface area contributed by atoms with Crippen LogP contribution >= 0.6 is 0 Å². The fraction of sp³-hybridized carbons (Fsp3) is 0.150. The number of benzene rings is 2. The van der Waals surface area contributed by atoms with Crippen LogP contribution in [0.15, 0.2) is 65.6 Å². The Morgan fingerprint density at radius 2 is 1.66 bits per heavy atom. The highest BCUT2D eigenvalue weighted by Gasteiger charge is 2.20. The first kappa shape index (κ1) is 22.1. The normalized spacial score (nSPS) is 11.6. The van der Waals surface area contributed by atoms with Gasteiger partial charge in [0.05, 0.1) is 25.7 Å². The number of ether oxygens (including phenoxy) is 2. The summed E-state index contributed by atoms with van der Waals surface area (Å²) in [6.07, 6.45) is 1.83. The van der Waals surface area contributed by atoms with Gasteiger partial charge in [-0.1, -0.05) is 18.7 Å². The predicted octanol–water partition coefficient (Wildman–Crippen LogP) is 3.58. The van der Waals surface area contributed by atoms with Gasteiger partial charge in [0.15, 0.2) is 18.0 Å². The van der Waals surface area contributed by atoms with Crippen molar-refractivity contribution in [1.29, 1.82) is 0 Å². The molecule has 9 heteroatoms. The van der Waals surface area contributed by atoms with E-state index in [2.05, 4.69) is 11.6 Å². The minimum absolute atomic E-state index is 0.666. The highest BCUT2D eigenvalue weighted by molar-refractivity contribution is 6.50. The Kier molecular flexibility index (Phi) is 7.47. The number of para-hydroxylation sites is 1. The molecule has 0 amide bonds. The smallest absolute Gasteiger partial charge is 0.493 e. The molecule has 0 spiro atoms. The molecule has 0 fully saturated rings. The van der Waals surface area contributed by atoms with E-state index < -0.39 is 7.25 Å². The van der Waals surface area contributed by atoms with Gasteiger partial charge < -0.3 is 31.2 Å². The van der Waals surface area contributed by atoms with Crippen LogP contribution in [0.1, 0.15) is 0 Å². The van der Waals surface area contributed by atoms with Gasteiger partial charge in [0.2, 0.25) is 5.36 Å². The number of nitrogens with one attached hydrogen (secondary N) is 1. The molecule has 1 aromatic heterocycles. The van der Waals surface area contributed by atoms with Crippen molar-refractivity contribution >= 4 is 18.2 Å². The van der Waals surface area contributed by atoms with Crippen molar-refractivity contribution in [2.45, 2.75) is 0 Å². The summed E-state index contributed by atoms with van der Waals surface area (Å²) in [5, 5.41) is 2.03. The minimum Gasteiger partial charge on any atom is -0.493 e. The van der Waals surface area contributed by atoms with Crippen molar-refractivity contribution in [3.8, 4) is 22.8 Å². The van der Waals surface area contributed by atoms with Crippen LogP contribution in [-0.2, 0) is 0 Å². The van der Waals surface area contributed by atoms with Crippen molar-refractivity contribution in [2.24, 2.45) is 0 Å². The van der Waals surface area contributed by atoms with Gasteiger partial charge in [-0.15, -0.1) is 0 Å². The SMILES string of the molecule is C=CC[NH+]=c1cc(-c2ccc(OC)c(OC)c2)oc2ccccc12.F[B-](F)(F)F. The third kappa shape index (κ3) is 6.41. The molecule has 2 aromatic carbocycles. The summed E-state index contributed by atoms with van der Waals surface area (Å²) in [5.74, 6) is 2.10. The molecule has 0 aliphatic rings. The van der Waals surface area contributed by atoms with Gasteiger partial charge in [-0.05, 0) is 36.4 Å². The van der Waals surface area contributed by atoms with Crippen molar-refractivity contribution < 1.29 is 36.1 Å². The average molecular weight is 409 g/mol. The van der Waals surface area contributed by atoms with Gasteiger partial charge in [0, 0.05) is 5.56 Å². The third-order valence-corrected chi connectivity index (χ3v) is 3.78. The molecule has 0 aliphatic carbocycles. The Labute approximate surface area is 165 Å². The standard InChI is InChI=1S/C20H19NO3.BF4/c1-4-11-21-16-13-19(24-17-8-6-5-7-15(16)17)14-9-10-18(22-2)20(12-14)23-3;2-1(3,4)5/h4-10,12-13H,1,11H2,2-3H3;/q;-1/p+1. The molecule has 1 N–H and O–H groups in total. The molecule has 4 nitrogen and oxygen atoms in total. The molecule has 0 bridgehead atoms. The monoisotopic (exact) mass is 409 g/mol. The topological polar surface area (TPSA) is 45.6 Å². The Hall–Kier alpha value is -3.23. The van der Waals surface area contributed by atoms with Crippen LogP contribution in [0.4, 0.5) is 17.3 Å². The number of hydrogen-bond donors (Lipinski definition) is 1. The van der Waals surface area contributed by atoms with Crippen LogP contribution in [-0.4, -0.2) is 28.0 Å². The zero-order chi connectivity index (χ0) is 21.4. The highest BCUT2D eigenvalue weighted by Crippen LogP contribution is 2.32. The summed E-state index contributed by atoms with van der Waals surface area (Å²) >= 11 is 0. The molecule has 0 aliphatic heterocycles. The van der Waals surface area contributed by atoms with E-state index >= 15 is 0 Å². The first-order valence-corrected chi connectivity index (χ1v) is 8.57. The summed E-state index contributed by atoms with van der Waals surface area (Å²) in [6, 6.07) is 15.7. The third-order valence-electron chi connectivity index (χ3n) is 3.78. The second-order valence-corrected chi connectivity index (χ2v) is 5.75. The predicted molar refractivity (Wildman–Crippen MR) is 104 cm³/mol. The van der Waals surface area contributed by atoms with Crippen LogP contribution in [0.3, 0.4) is 0 Å². The summed E-state index contributed by atoms with van der Waals surface area (Å²) in [5.41, 5.74) is 1.73. The van der Waals surface area contributed by atoms with E-state index in [0.717, 1.165) is 27.7 Å². The Morgan fingerprint density at radius 1 is 1.00 bits per heavy atom. The van der Waals surface area contributed by atoms with E-state index in [4.69, 9.17) is 13.9 Å². The summed E-state index contributed by atoms with van der Waals surface area (Å²) in [7, 11) is -2.76. The fourth-order valence-electron chi connectivity index (χ4n) is 2.60. The zero-order valence-corrected chi connectivity index (χ0v) is 15.9. The van der Waals surface area contributed by atoms with E-state index in [1.165, 1.54) is 0 Å². The number of fused-ring (bicyclic) bond motifs is 1. The molecule has 3 aromatic rings. The molecule has 0 atom stereocenters. The van der Waals surface area contributed by atoms with E-state index in [0.29, 0.717) is 18.0 Å². The largest absolute Gasteiger partial charge is 0.673 e. The molecule has 0 radical (unpaired) electrons. The number of halogens is 4.